The van der Waals surface area contributed by atoms with Crippen LogP contribution in [0.4, 0.5) is 0 Å². The van der Waals surface area contributed by atoms with Gasteiger partial charge in [-0.05, 0) is 115 Å². The van der Waals surface area contributed by atoms with Crippen LogP contribution in [0.1, 0.15) is 139 Å². The minimum Gasteiger partial charge on any atom is -0.461 e. The molecule has 0 unspecified atom stereocenters. The van der Waals surface area contributed by atoms with Gasteiger partial charge in [-0.3, -0.25) is 4.79 Å². The summed E-state index contributed by atoms with van der Waals surface area (Å²) >= 11 is 0. The maximum Gasteiger partial charge on any atom is 0.310 e. The number of ether oxygens (including phenoxy) is 3. The Balaban J connectivity index is 1.22. The van der Waals surface area contributed by atoms with Gasteiger partial charge >= 0.3 is 5.97 Å². The number of rotatable bonds is 9. The van der Waals surface area contributed by atoms with Gasteiger partial charge in [-0.1, -0.05) is 117 Å². The van der Waals surface area contributed by atoms with E-state index >= 15 is 0 Å². The van der Waals surface area contributed by atoms with Gasteiger partial charge in [-0.25, -0.2) is 0 Å². The van der Waals surface area contributed by atoms with E-state index in [1.54, 1.807) is 5.57 Å². The molecule has 1 heterocycles. The normalized spacial score (nSPS) is 44.0. The minimum absolute atomic E-state index is 0.0177. The molecule has 0 radical (unpaired) electrons. The third kappa shape index (κ3) is 5.36. The van der Waals surface area contributed by atoms with Crippen LogP contribution in [0.2, 0.25) is 0 Å². The Labute approximate surface area is 305 Å². The molecule has 11 atom stereocenters. The fourth-order valence-electron chi connectivity index (χ4n) is 14.2. The highest BCUT2D eigenvalue weighted by Crippen LogP contribution is 2.75. The lowest BCUT2D eigenvalue weighted by Crippen LogP contribution is -2.69. The van der Waals surface area contributed by atoms with Gasteiger partial charge in [0.05, 0.1) is 31.8 Å². The van der Waals surface area contributed by atoms with Crippen LogP contribution in [0.3, 0.4) is 0 Å². The molecule has 0 N–H and O–H groups in total. The monoisotopic (exact) mass is 687 g/mol. The molecule has 1 aromatic carbocycles. The highest BCUT2D eigenvalue weighted by Gasteiger charge is 2.71. The van der Waals surface area contributed by atoms with Gasteiger partial charge in [0.15, 0.2) is 0 Å². The molecular formula is C46H70O4. The summed E-state index contributed by atoms with van der Waals surface area (Å²) in [6, 6.07) is 10.2. The number of benzene rings is 1. The summed E-state index contributed by atoms with van der Waals surface area (Å²) in [5, 5.41) is 0. The molecule has 278 valence electrons. The highest BCUT2D eigenvalue weighted by molar-refractivity contribution is 5.75. The van der Waals surface area contributed by atoms with Crippen LogP contribution in [-0.2, 0) is 25.6 Å². The number of fused-ring (bicyclic) bond motifs is 3. The molecule has 1 aliphatic heterocycles. The van der Waals surface area contributed by atoms with Crippen molar-refractivity contribution in [1.82, 2.24) is 0 Å². The van der Waals surface area contributed by atoms with Crippen LogP contribution >= 0.6 is 0 Å². The Hall–Kier alpha value is -1.65. The molecule has 4 saturated carbocycles. The summed E-state index contributed by atoms with van der Waals surface area (Å²) < 4.78 is 20.3. The zero-order valence-electron chi connectivity index (χ0n) is 33.2. The standard InChI is InChI=1S/C46H70O4/c1-10-45(21-14-15-22-45)29-50-39-32(4)26-46-30-48-28-42(39,7)37(46)19-18-35-36(46)20-23-44(9)38(40(47)49-27-34-16-12-11-13-17-34)41(6,33(5)31(2)3)24-25-43(35,44)8/h11-13,16-17,20,31-33,35,37-39H,10,14-15,18-19,21-30H2,1-9H3/t32-,33-,35+,37+,38-,39+,41-,42+,43-,44+,46+/m1/s1. The van der Waals surface area contributed by atoms with E-state index in [0.29, 0.717) is 41.6 Å². The Morgan fingerprint density at radius 3 is 2.34 bits per heavy atom. The Morgan fingerprint density at radius 1 is 0.940 bits per heavy atom. The van der Waals surface area contributed by atoms with E-state index < -0.39 is 0 Å². The van der Waals surface area contributed by atoms with Crippen LogP contribution in [0, 0.1) is 68.0 Å². The van der Waals surface area contributed by atoms with Gasteiger partial charge in [0.2, 0.25) is 0 Å². The topological polar surface area (TPSA) is 44.8 Å². The van der Waals surface area contributed by atoms with E-state index in [2.05, 4.69) is 80.5 Å². The molecule has 7 rings (SSSR count). The fraction of sp³-hybridized carbons (Fsp3) is 0.804. The van der Waals surface area contributed by atoms with E-state index in [9.17, 15) is 4.79 Å². The minimum atomic E-state index is -0.185. The summed E-state index contributed by atoms with van der Waals surface area (Å²) in [6.45, 7) is 25.0. The molecule has 0 aromatic heterocycles. The van der Waals surface area contributed by atoms with Crippen molar-refractivity contribution >= 4 is 5.97 Å². The van der Waals surface area contributed by atoms with Crippen molar-refractivity contribution in [2.24, 2.45) is 68.0 Å². The number of carbonyl (C=O) groups excluding carboxylic acids is 1. The van der Waals surface area contributed by atoms with Crippen LogP contribution in [0.5, 0.6) is 0 Å². The average molecular weight is 687 g/mol. The van der Waals surface area contributed by atoms with Crippen LogP contribution in [0.15, 0.2) is 42.0 Å². The molecule has 5 aliphatic carbocycles. The first-order chi connectivity index (χ1) is 23.7. The summed E-state index contributed by atoms with van der Waals surface area (Å²) in [7, 11) is 0. The zero-order chi connectivity index (χ0) is 35.7. The Bertz CT molecular complexity index is 1430. The molecule has 6 aliphatic rings. The number of hydrogen-bond acceptors (Lipinski definition) is 4. The molecule has 0 spiro atoms. The van der Waals surface area contributed by atoms with Crippen molar-refractivity contribution < 1.29 is 19.0 Å². The van der Waals surface area contributed by atoms with Crippen molar-refractivity contribution in [1.29, 1.82) is 0 Å². The smallest absolute Gasteiger partial charge is 0.310 e. The predicted molar refractivity (Wildman–Crippen MR) is 202 cm³/mol. The molecule has 5 fully saturated rings. The van der Waals surface area contributed by atoms with Crippen molar-refractivity contribution in [3.8, 4) is 0 Å². The second-order valence-electron chi connectivity index (χ2n) is 20.1. The van der Waals surface area contributed by atoms with E-state index in [-0.39, 0.29) is 45.1 Å². The number of esters is 1. The predicted octanol–water partition coefficient (Wildman–Crippen LogP) is 11.2. The van der Waals surface area contributed by atoms with Crippen molar-refractivity contribution in [2.45, 2.75) is 146 Å². The van der Waals surface area contributed by atoms with Crippen LogP contribution in [-0.4, -0.2) is 31.9 Å². The third-order valence-corrected chi connectivity index (χ3v) is 17.6. The average Bonchev–Trinajstić information content (AvgIpc) is 3.57. The van der Waals surface area contributed by atoms with Gasteiger partial charge in [0, 0.05) is 10.8 Å². The molecule has 0 amide bonds. The maximum atomic E-state index is 14.7. The Kier molecular flexibility index (Phi) is 9.56. The van der Waals surface area contributed by atoms with Crippen molar-refractivity contribution in [2.75, 3.05) is 19.8 Å². The van der Waals surface area contributed by atoms with Gasteiger partial charge < -0.3 is 14.2 Å². The molecule has 1 aromatic rings. The SMILES string of the molecule is CCC1(CO[C@H]2[C@H](C)C[C@@]34COC[C@@]2(C)[C@@H]3CC[C@H]2C4=CC[C@@]3(C)[C@H](C(=O)OCc4ccccc4)[C@@](C)([C@H](C)C(C)C)CC[C@]23C)CCCC1. The van der Waals surface area contributed by atoms with Crippen molar-refractivity contribution in [3.63, 3.8) is 0 Å². The van der Waals surface area contributed by atoms with Gasteiger partial charge in [0.25, 0.3) is 0 Å². The van der Waals surface area contributed by atoms with E-state index in [1.165, 1.54) is 51.4 Å². The molecule has 2 bridgehead atoms. The Morgan fingerprint density at radius 2 is 1.66 bits per heavy atom. The fourth-order valence-corrected chi connectivity index (χ4v) is 14.2. The molecule has 1 saturated heterocycles. The highest BCUT2D eigenvalue weighted by atomic mass is 16.5. The summed E-state index contributed by atoms with van der Waals surface area (Å²) in [4.78, 5) is 14.7. The zero-order valence-corrected chi connectivity index (χ0v) is 33.2. The molecule has 4 heteroatoms. The largest absolute Gasteiger partial charge is 0.461 e. The quantitative estimate of drug-likeness (QED) is 0.192. The number of hydrogen-bond donors (Lipinski definition) is 0. The molecule has 4 nitrogen and oxygen atoms in total. The number of allylic oxidation sites excluding steroid dienone is 1. The first kappa shape index (κ1) is 36.7. The summed E-state index contributed by atoms with van der Waals surface area (Å²) in [5.74, 6) is 2.34. The molecule has 50 heavy (non-hydrogen) atoms. The third-order valence-electron chi connectivity index (χ3n) is 17.6. The van der Waals surface area contributed by atoms with Crippen LogP contribution < -0.4 is 0 Å². The van der Waals surface area contributed by atoms with E-state index in [1.807, 2.05) is 18.2 Å². The summed E-state index contributed by atoms with van der Waals surface area (Å²) in [6.07, 6.45) is 16.3. The second-order valence-corrected chi connectivity index (χ2v) is 20.1. The van der Waals surface area contributed by atoms with Gasteiger partial charge in [0.1, 0.15) is 6.61 Å². The number of carbonyl (C=O) groups is 1. The van der Waals surface area contributed by atoms with Crippen LogP contribution in [0.25, 0.3) is 0 Å². The van der Waals surface area contributed by atoms with Gasteiger partial charge in [-0.2, -0.15) is 0 Å². The maximum absolute atomic E-state index is 14.7. The lowest BCUT2D eigenvalue weighted by atomic mass is 9.34. The second kappa shape index (κ2) is 13.0. The lowest BCUT2D eigenvalue weighted by molar-refractivity contribution is -0.255. The molecular weight excluding hydrogens is 617 g/mol. The summed E-state index contributed by atoms with van der Waals surface area (Å²) in [5.41, 5.74) is 2.95. The van der Waals surface area contributed by atoms with E-state index in [0.717, 1.165) is 44.6 Å². The lowest BCUT2D eigenvalue weighted by Gasteiger charge is -2.71. The first-order valence-electron chi connectivity index (χ1n) is 20.8. The van der Waals surface area contributed by atoms with E-state index in [4.69, 9.17) is 14.2 Å². The van der Waals surface area contributed by atoms with Gasteiger partial charge in [-0.15, -0.1) is 0 Å². The van der Waals surface area contributed by atoms with Crippen molar-refractivity contribution in [3.05, 3.63) is 47.5 Å². The first-order valence-corrected chi connectivity index (χ1v) is 20.8.